The Morgan fingerprint density at radius 2 is 2.22 bits per heavy atom. The van der Waals surface area contributed by atoms with E-state index in [1.165, 1.54) is 13.3 Å². The molecule has 0 unspecified atom stereocenters. The third kappa shape index (κ3) is 2.89. The third-order valence-electron chi connectivity index (χ3n) is 2.04. The van der Waals surface area contributed by atoms with Crippen LogP contribution in [0.25, 0.3) is 0 Å². The Kier molecular flexibility index (Phi) is 3.98. The molecule has 0 spiro atoms. The zero-order valence-corrected chi connectivity index (χ0v) is 10.3. The van der Waals surface area contributed by atoms with Gasteiger partial charge in [0.2, 0.25) is 0 Å². The first-order chi connectivity index (χ1) is 8.81. The van der Waals surface area contributed by atoms with E-state index in [1.807, 2.05) is 30.3 Å². The molecule has 0 radical (unpaired) electrons. The number of methoxy groups -OCH3 is 1. The quantitative estimate of drug-likeness (QED) is 0.516. The summed E-state index contributed by atoms with van der Waals surface area (Å²) in [5.74, 6) is -0.523. The van der Waals surface area contributed by atoms with Gasteiger partial charge in [-0.25, -0.2) is 4.79 Å². The second-order valence-electron chi connectivity index (χ2n) is 3.21. The van der Waals surface area contributed by atoms with Crippen molar-refractivity contribution in [3.63, 3.8) is 0 Å². The fourth-order valence-corrected chi connectivity index (χ4v) is 1.72. The van der Waals surface area contributed by atoms with Gasteiger partial charge in [-0.3, -0.25) is 5.43 Å². The number of aromatic nitrogens is 2. The number of nitrogens with one attached hydrogen (secondary N) is 1. The summed E-state index contributed by atoms with van der Waals surface area (Å²) in [6, 6.07) is 9.46. The van der Waals surface area contributed by atoms with Crippen LogP contribution in [0.5, 0.6) is 0 Å². The van der Waals surface area contributed by atoms with Crippen molar-refractivity contribution >= 4 is 29.4 Å². The van der Waals surface area contributed by atoms with Crippen molar-refractivity contribution in [3.8, 4) is 0 Å². The smallest absolute Gasteiger partial charge is 0.360 e. The van der Waals surface area contributed by atoms with E-state index in [4.69, 9.17) is 0 Å². The molecule has 92 valence electrons. The van der Waals surface area contributed by atoms with Crippen LogP contribution in [0.2, 0.25) is 0 Å². The Morgan fingerprint density at radius 1 is 1.44 bits per heavy atom. The molecule has 6 nitrogen and oxygen atoms in total. The van der Waals surface area contributed by atoms with Gasteiger partial charge in [0.1, 0.15) is 4.88 Å². The molecule has 1 N–H and O–H groups in total. The molecule has 1 aromatic carbocycles. The highest BCUT2D eigenvalue weighted by Gasteiger charge is 2.15. The van der Waals surface area contributed by atoms with Gasteiger partial charge in [-0.1, -0.05) is 22.7 Å². The van der Waals surface area contributed by atoms with Gasteiger partial charge in [0, 0.05) is 0 Å². The minimum absolute atomic E-state index is 0.168. The lowest BCUT2D eigenvalue weighted by Crippen LogP contribution is -2.05. The molecule has 18 heavy (non-hydrogen) atoms. The monoisotopic (exact) mass is 262 g/mol. The van der Waals surface area contributed by atoms with Crippen LogP contribution in [-0.2, 0) is 4.74 Å². The highest BCUT2D eigenvalue weighted by atomic mass is 32.1. The molecule has 0 saturated carbocycles. The molecule has 0 atom stereocenters. The number of benzene rings is 1. The van der Waals surface area contributed by atoms with Gasteiger partial charge in [-0.05, 0) is 23.7 Å². The maximum absolute atomic E-state index is 11.3. The highest BCUT2D eigenvalue weighted by molar-refractivity contribution is 7.07. The molecule has 0 saturated heterocycles. The SMILES string of the molecule is COC(=O)c1nnsc1/C=N/Nc1ccccc1. The number of rotatable bonds is 4. The van der Waals surface area contributed by atoms with Crippen molar-refractivity contribution in [2.24, 2.45) is 5.10 Å². The molecule has 1 aromatic heterocycles. The van der Waals surface area contributed by atoms with Crippen molar-refractivity contribution in [2.45, 2.75) is 0 Å². The predicted molar refractivity (Wildman–Crippen MR) is 68.9 cm³/mol. The summed E-state index contributed by atoms with van der Waals surface area (Å²) in [6.45, 7) is 0. The van der Waals surface area contributed by atoms with E-state index < -0.39 is 5.97 Å². The van der Waals surface area contributed by atoms with E-state index in [0.717, 1.165) is 17.2 Å². The highest BCUT2D eigenvalue weighted by Crippen LogP contribution is 2.09. The van der Waals surface area contributed by atoms with Gasteiger partial charge in [-0.15, -0.1) is 5.10 Å². The molecule has 2 aromatic rings. The maximum atomic E-state index is 11.3. The van der Waals surface area contributed by atoms with E-state index in [2.05, 4.69) is 24.9 Å². The summed E-state index contributed by atoms with van der Waals surface area (Å²) in [5, 5.41) is 7.70. The van der Waals surface area contributed by atoms with E-state index >= 15 is 0 Å². The molecule has 0 aliphatic rings. The van der Waals surface area contributed by atoms with Crippen LogP contribution in [-0.4, -0.2) is 28.9 Å². The summed E-state index contributed by atoms with van der Waals surface area (Å²) in [6.07, 6.45) is 1.49. The normalized spacial score (nSPS) is 10.5. The second-order valence-corrected chi connectivity index (χ2v) is 4.00. The molecular weight excluding hydrogens is 252 g/mol. The number of anilines is 1. The van der Waals surface area contributed by atoms with Crippen LogP contribution in [0, 0.1) is 0 Å². The molecule has 7 heteroatoms. The minimum atomic E-state index is -0.523. The van der Waals surface area contributed by atoms with Crippen molar-refractivity contribution in [2.75, 3.05) is 12.5 Å². The summed E-state index contributed by atoms with van der Waals surface area (Å²) in [5.41, 5.74) is 3.86. The molecule has 0 fully saturated rings. The van der Waals surface area contributed by atoms with Crippen molar-refractivity contribution in [1.29, 1.82) is 0 Å². The van der Waals surface area contributed by atoms with Crippen LogP contribution < -0.4 is 5.43 Å². The minimum Gasteiger partial charge on any atom is -0.464 e. The van der Waals surface area contributed by atoms with Crippen LogP contribution in [0.4, 0.5) is 5.69 Å². The summed E-state index contributed by atoms with van der Waals surface area (Å²) >= 11 is 1.08. The average Bonchev–Trinajstić information content (AvgIpc) is 2.87. The van der Waals surface area contributed by atoms with Gasteiger partial charge < -0.3 is 4.74 Å². The van der Waals surface area contributed by atoms with Gasteiger partial charge in [0.25, 0.3) is 0 Å². The first kappa shape index (κ1) is 12.2. The predicted octanol–water partition coefficient (Wildman–Crippen LogP) is 1.77. The number of hydrogen-bond acceptors (Lipinski definition) is 7. The molecule has 0 amide bonds. The van der Waals surface area contributed by atoms with E-state index in [1.54, 1.807) is 0 Å². The Hall–Kier alpha value is -2.28. The number of ether oxygens (including phenoxy) is 1. The first-order valence-electron chi connectivity index (χ1n) is 5.06. The fraction of sp³-hybridized carbons (Fsp3) is 0.0909. The zero-order chi connectivity index (χ0) is 12.8. The van der Waals surface area contributed by atoms with Crippen LogP contribution in [0.1, 0.15) is 15.4 Å². The van der Waals surface area contributed by atoms with Gasteiger partial charge >= 0.3 is 5.97 Å². The number of carbonyl (C=O) groups excluding carboxylic acids is 1. The Bertz CT molecular complexity index is 553. The van der Waals surface area contributed by atoms with E-state index in [9.17, 15) is 4.79 Å². The molecular formula is C11H10N4O2S. The summed E-state index contributed by atoms with van der Waals surface area (Å²) in [7, 11) is 1.30. The average molecular weight is 262 g/mol. The summed E-state index contributed by atoms with van der Waals surface area (Å²) < 4.78 is 8.27. The van der Waals surface area contributed by atoms with Gasteiger partial charge in [0.15, 0.2) is 5.69 Å². The van der Waals surface area contributed by atoms with Gasteiger partial charge in [-0.2, -0.15) is 5.10 Å². The first-order valence-corrected chi connectivity index (χ1v) is 5.83. The molecule has 0 aliphatic heterocycles. The van der Waals surface area contributed by atoms with Gasteiger partial charge in [0.05, 0.1) is 19.0 Å². The molecule has 1 heterocycles. The molecule has 0 aliphatic carbocycles. The Labute approximate surface area is 107 Å². The van der Waals surface area contributed by atoms with E-state index in [-0.39, 0.29) is 5.69 Å². The lowest BCUT2D eigenvalue weighted by molar-refractivity contribution is 0.0594. The number of carbonyl (C=O) groups is 1. The number of nitrogens with zero attached hydrogens (tertiary/aromatic N) is 3. The summed E-state index contributed by atoms with van der Waals surface area (Å²) in [4.78, 5) is 11.9. The van der Waals surface area contributed by atoms with Crippen LogP contribution in [0.15, 0.2) is 35.4 Å². The standard InChI is InChI=1S/C11H10N4O2S/c1-17-11(16)10-9(18-15-14-10)7-12-13-8-5-3-2-4-6-8/h2-7,13H,1H3/b12-7+. The van der Waals surface area contributed by atoms with Crippen LogP contribution >= 0.6 is 11.5 Å². The zero-order valence-electron chi connectivity index (χ0n) is 9.53. The van der Waals surface area contributed by atoms with E-state index in [0.29, 0.717) is 4.88 Å². The maximum Gasteiger partial charge on any atom is 0.360 e. The second kappa shape index (κ2) is 5.87. The van der Waals surface area contributed by atoms with Crippen molar-refractivity contribution in [3.05, 3.63) is 40.9 Å². The number of hydrazone groups is 1. The number of hydrogen-bond donors (Lipinski definition) is 1. The lowest BCUT2D eigenvalue weighted by Gasteiger charge is -1.97. The fourth-order valence-electron chi connectivity index (χ4n) is 1.20. The third-order valence-corrected chi connectivity index (χ3v) is 2.70. The Morgan fingerprint density at radius 3 is 2.94 bits per heavy atom. The lowest BCUT2D eigenvalue weighted by atomic mass is 10.3. The molecule has 0 bridgehead atoms. The van der Waals surface area contributed by atoms with Crippen molar-refractivity contribution < 1.29 is 9.53 Å². The van der Waals surface area contributed by atoms with Crippen molar-refractivity contribution in [1.82, 2.24) is 9.59 Å². The topological polar surface area (TPSA) is 76.5 Å². The Balaban J connectivity index is 2.06. The molecule has 2 rings (SSSR count). The van der Waals surface area contributed by atoms with Crippen LogP contribution in [0.3, 0.4) is 0 Å². The number of esters is 1. The number of para-hydroxylation sites is 1. The largest absolute Gasteiger partial charge is 0.464 e.